The molecule has 0 spiro atoms. The molecule has 0 aromatic carbocycles. The molecule has 0 saturated heterocycles. The molecular weight excluding hydrogens is 1290 g/mol. The van der Waals surface area contributed by atoms with E-state index in [0.29, 0.717) is 25.7 Å². The molecule has 19 heteroatoms. The number of ether oxygens (including phenoxy) is 4. The van der Waals surface area contributed by atoms with Gasteiger partial charge in [0.1, 0.15) is 19.3 Å². The number of rotatable bonds is 78. The molecule has 0 aliphatic heterocycles. The topological polar surface area (TPSA) is 237 Å². The first kappa shape index (κ1) is 97.1. The second-order valence-corrected chi connectivity index (χ2v) is 33.1. The van der Waals surface area contributed by atoms with Crippen molar-refractivity contribution in [3.8, 4) is 0 Å². The summed E-state index contributed by atoms with van der Waals surface area (Å²) in [5.41, 5.74) is 0. The van der Waals surface area contributed by atoms with Gasteiger partial charge < -0.3 is 33.8 Å². The van der Waals surface area contributed by atoms with Crippen LogP contribution in [-0.4, -0.2) is 96.7 Å². The average Bonchev–Trinajstić information content (AvgIpc) is 1.32. The molecule has 0 aromatic rings. The van der Waals surface area contributed by atoms with Crippen molar-refractivity contribution in [2.24, 2.45) is 17.8 Å². The molecular formula is C80H156O17P2. The van der Waals surface area contributed by atoms with Crippen molar-refractivity contribution in [1.29, 1.82) is 0 Å². The molecule has 0 aromatic heterocycles. The molecule has 0 aliphatic rings. The highest BCUT2D eigenvalue weighted by atomic mass is 31.2. The number of phosphoric acid groups is 2. The Morgan fingerprint density at radius 2 is 0.465 bits per heavy atom. The zero-order valence-corrected chi connectivity index (χ0v) is 66.8. The SMILES string of the molecule is CCCCCCCCCCCCCCCCCCC(=O)O[C@H](COC(=O)CCCCCCCCCCC(C)C)COP(=O)(O)OC[C@H](O)COP(=O)(O)OC[C@@H](COC(=O)CCCCCCCCCCCCCCCC(C)C)OC(=O)CCCCCCCCCCCCCCCC(C)C. The summed E-state index contributed by atoms with van der Waals surface area (Å²) in [5, 5.41) is 10.6. The molecule has 588 valence electrons. The number of aliphatic hydroxyl groups excluding tert-OH is 1. The highest BCUT2D eigenvalue weighted by Crippen LogP contribution is 2.45. The standard InChI is InChI=1S/C80H156O17P2/c1-8-9-10-11-12-13-14-15-16-17-22-28-33-42-49-56-63-79(84)97-76(68-91-78(83)62-55-48-41-36-35-39-46-53-60-73(6)7)70-95-99(88,89)93-66-74(81)65-92-98(86,87)94-69-75(96-80(85)64-57-50-43-34-29-24-19-21-26-31-38-45-52-59-72(4)5)67-90-77(82)61-54-47-40-32-27-23-18-20-25-30-37-44-51-58-71(2)3/h71-76,81H,8-70H2,1-7H3,(H,86,87)(H,88,89)/t74-,75-,76-/m1/s1. The van der Waals surface area contributed by atoms with Gasteiger partial charge in [-0.15, -0.1) is 0 Å². The number of carbonyl (C=O) groups excluding carboxylic acids is 4. The number of hydrogen-bond donors (Lipinski definition) is 3. The van der Waals surface area contributed by atoms with Gasteiger partial charge in [-0.05, 0) is 43.4 Å². The van der Waals surface area contributed by atoms with Gasteiger partial charge in [-0.2, -0.15) is 0 Å². The number of esters is 4. The molecule has 0 amide bonds. The molecule has 0 heterocycles. The molecule has 0 bridgehead atoms. The molecule has 0 radical (unpaired) electrons. The van der Waals surface area contributed by atoms with Crippen molar-refractivity contribution in [3.63, 3.8) is 0 Å². The predicted octanol–water partition coefficient (Wildman–Crippen LogP) is 23.7. The Morgan fingerprint density at radius 1 is 0.273 bits per heavy atom. The molecule has 5 atom stereocenters. The lowest BCUT2D eigenvalue weighted by atomic mass is 10.0. The number of phosphoric ester groups is 2. The molecule has 17 nitrogen and oxygen atoms in total. The third-order valence-corrected chi connectivity index (χ3v) is 20.5. The lowest BCUT2D eigenvalue weighted by molar-refractivity contribution is -0.161. The summed E-state index contributed by atoms with van der Waals surface area (Å²) in [6.07, 6.45) is 58.2. The summed E-state index contributed by atoms with van der Waals surface area (Å²) in [7, 11) is -9.92. The van der Waals surface area contributed by atoms with Crippen LogP contribution in [0.5, 0.6) is 0 Å². The van der Waals surface area contributed by atoms with Crippen LogP contribution in [0, 0.1) is 17.8 Å². The van der Waals surface area contributed by atoms with Crippen molar-refractivity contribution in [2.45, 2.75) is 433 Å². The van der Waals surface area contributed by atoms with Crippen LogP contribution >= 0.6 is 15.6 Å². The third kappa shape index (κ3) is 74.1. The van der Waals surface area contributed by atoms with Crippen molar-refractivity contribution >= 4 is 39.5 Å². The van der Waals surface area contributed by atoms with Gasteiger partial charge in [-0.25, -0.2) is 9.13 Å². The summed E-state index contributed by atoms with van der Waals surface area (Å²) >= 11 is 0. The van der Waals surface area contributed by atoms with Gasteiger partial charge in [0.05, 0.1) is 26.4 Å². The number of aliphatic hydroxyl groups is 1. The first-order valence-corrected chi connectivity index (χ1v) is 44.3. The third-order valence-electron chi connectivity index (χ3n) is 18.6. The Hall–Kier alpha value is -1.94. The van der Waals surface area contributed by atoms with Crippen molar-refractivity contribution in [2.75, 3.05) is 39.6 Å². The fourth-order valence-electron chi connectivity index (χ4n) is 12.3. The van der Waals surface area contributed by atoms with E-state index in [1.165, 1.54) is 225 Å². The van der Waals surface area contributed by atoms with E-state index >= 15 is 0 Å². The Kier molecular flexibility index (Phi) is 69.0. The Bertz CT molecular complexity index is 1920. The zero-order chi connectivity index (χ0) is 73.0. The monoisotopic (exact) mass is 1450 g/mol. The molecule has 2 unspecified atom stereocenters. The molecule has 99 heavy (non-hydrogen) atoms. The van der Waals surface area contributed by atoms with E-state index < -0.39 is 97.5 Å². The lowest BCUT2D eigenvalue weighted by Gasteiger charge is -2.21. The second-order valence-electron chi connectivity index (χ2n) is 30.2. The summed E-state index contributed by atoms with van der Waals surface area (Å²) in [4.78, 5) is 73.0. The van der Waals surface area contributed by atoms with Crippen LogP contribution in [0.15, 0.2) is 0 Å². The van der Waals surface area contributed by atoms with E-state index in [1.807, 2.05) is 0 Å². The second kappa shape index (κ2) is 70.4. The molecule has 0 aliphatic carbocycles. The number of unbranched alkanes of at least 4 members (excludes halogenated alkanes) is 46. The van der Waals surface area contributed by atoms with Crippen molar-refractivity contribution in [3.05, 3.63) is 0 Å². The normalized spacial score (nSPS) is 14.0. The smallest absolute Gasteiger partial charge is 0.462 e. The Morgan fingerprint density at radius 3 is 0.687 bits per heavy atom. The zero-order valence-electron chi connectivity index (χ0n) is 65.0. The van der Waals surface area contributed by atoms with Crippen molar-refractivity contribution in [1.82, 2.24) is 0 Å². The maximum atomic E-state index is 13.1. The Labute approximate surface area is 607 Å². The van der Waals surface area contributed by atoms with E-state index in [1.54, 1.807) is 0 Å². The molecule has 0 rings (SSSR count). The van der Waals surface area contributed by atoms with Gasteiger partial charge in [0.15, 0.2) is 12.2 Å². The predicted molar refractivity (Wildman–Crippen MR) is 405 cm³/mol. The van der Waals surface area contributed by atoms with Crippen LogP contribution in [-0.2, 0) is 65.4 Å². The van der Waals surface area contributed by atoms with Crippen LogP contribution in [0.25, 0.3) is 0 Å². The van der Waals surface area contributed by atoms with E-state index in [9.17, 15) is 43.2 Å². The summed E-state index contributed by atoms with van der Waals surface area (Å²) in [5.74, 6) is 0.193. The summed E-state index contributed by atoms with van der Waals surface area (Å²) in [6.45, 7) is 11.9. The summed E-state index contributed by atoms with van der Waals surface area (Å²) < 4.78 is 68.7. The van der Waals surface area contributed by atoms with Gasteiger partial charge >= 0.3 is 39.5 Å². The van der Waals surface area contributed by atoms with Gasteiger partial charge in [-0.1, -0.05) is 363 Å². The molecule has 0 saturated carbocycles. The lowest BCUT2D eigenvalue weighted by Crippen LogP contribution is -2.30. The maximum absolute atomic E-state index is 13.1. The summed E-state index contributed by atoms with van der Waals surface area (Å²) in [6, 6.07) is 0. The van der Waals surface area contributed by atoms with Crippen LogP contribution in [0.1, 0.15) is 414 Å². The number of hydrogen-bond acceptors (Lipinski definition) is 15. The molecule has 3 N–H and O–H groups in total. The van der Waals surface area contributed by atoms with Crippen LogP contribution < -0.4 is 0 Å². The van der Waals surface area contributed by atoms with E-state index in [4.69, 9.17) is 37.0 Å². The quantitative estimate of drug-likeness (QED) is 0.0222. The highest BCUT2D eigenvalue weighted by Gasteiger charge is 2.30. The van der Waals surface area contributed by atoms with Gasteiger partial charge in [0.25, 0.3) is 0 Å². The highest BCUT2D eigenvalue weighted by molar-refractivity contribution is 7.47. The van der Waals surface area contributed by atoms with E-state index in [0.717, 1.165) is 108 Å². The van der Waals surface area contributed by atoms with E-state index in [2.05, 4.69) is 48.5 Å². The first-order chi connectivity index (χ1) is 47.7. The van der Waals surface area contributed by atoms with Crippen molar-refractivity contribution < 1.29 is 80.2 Å². The number of carbonyl (C=O) groups is 4. The fourth-order valence-corrected chi connectivity index (χ4v) is 13.9. The average molecular weight is 1450 g/mol. The van der Waals surface area contributed by atoms with E-state index in [-0.39, 0.29) is 25.7 Å². The van der Waals surface area contributed by atoms with Crippen LogP contribution in [0.3, 0.4) is 0 Å². The van der Waals surface area contributed by atoms with Crippen LogP contribution in [0.2, 0.25) is 0 Å². The van der Waals surface area contributed by atoms with Gasteiger partial charge in [0, 0.05) is 25.7 Å². The minimum absolute atomic E-state index is 0.107. The fraction of sp³-hybridized carbons (Fsp3) is 0.950. The van der Waals surface area contributed by atoms with Gasteiger partial charge in [-0.3, -0.25) is 37.3 Å². The molecule has 0 fully saturated rings. The van der Waals surface area contributed by atoms with Gasteiger partial charge in [0.2, 0.25) is 0 Å². The first-order valence-electron chi connectivity index (χ1n) is 41.3. The Balaban J connectivity index is 5.26. The largest absolute Gasteiger partial charge is 0.472 e. The maximum Gasteiger partial charge on any atom is 0.472 e. The minimum Gasteiger partial charge on any atom is -0.462 e. The minimum atomic E-state index is -4.96. The van der Waals surface area contributed by atoms with Crippen LogP contribution in [0.4, 0.5) is 0 Å².